The number of carbonyl (C=O) groups excluding carboxylic acids is 2. The Balaban J connectivity index is 2.61. The Morgan fingerprint density at radius 1 is 1.19 bits per heavy atom. The Kier molecular flexibility index (Phi) is 8.09. The summed E-state index contributed by atoms with van der Waals surface area (Å²) < 4.78 is 4.92. The van der Waals surface area contributed by atoms with Crippen LogP contribution in [-0.2, 0) is 20.9 Å². The molecule has 5 heteroatoms. The highest BCUT2D eigenvalue weighted by atomic mass is 16.5. The second kappa shape index (κ2) is 9.91. The molecule has 0 bridgehead atoms. The maximum atomic E-state index is 12.2. The maximum Gasteiger partial charge on any atom is 0.307 e. The molecule has 1 aromatic heterocycles. The van der Waals surface area contributed by atoms with Crippen molar-refractivity contribution in [3.63, 3.8) is 0 Å². The van der Waals surface area contributed by atoms with Crippen LogP contribution in [0.15, 0.2) is 24.5 Å². The number of amides is 1. The van der Waals surface area contributed by atoms with Crippen molar-refractivity contribution in [2.45, 2.75) is 46.1 Å². The molecule has 1 heterocycles. The van der Waals surface area contributed by atoms with Gasteiger partial charge in [-0.2, -0.15) is 0 Å². The van der Waals surface area contributed by atoms with Crippen molar-refractivity contribution >= 4 is 11.9 Å². The van der Waals surface area contributed by atoms with Gasteiger partial charge in [0.05, 0.1) is 13.0 Å². The molecule has 0 aromatic carbocycles. The van der Waals surface area contributed by atoms with E-state index in [0.717, 1.165) is 18.4 Å². The molecular weight excluding hydrogens is 268 g/mol. The third kappa shape index (κ3) is 6.88. The molecule has 0 fully saturated rings. The average molecular weight is 292 g/mol. The minimum atomic E-state index is -0.263. The van der Waals surface area contributed by atoms with Crippen molar-refractivity contribution in [3.8, 4) is 0 Å². The van der Waals surface area contributed by atoms with Crippen LogP contribution in [0, 0.1) is 0 Å². The van der Waals surface area contributed by atoms with Crippen molar-refractivity contribution < 1.29 is 14.3 Å². The number of unbranched alkanes of at least 4 members (excludes halogenated alkanes) is 1. The highest BCUT2D eigenvalue weighted by molar-refractivity contribution is 5.77. The topological polar surface area (TPSA) is 59.5 Å². The molecule has 0 N–H and O–H groups in total. The standard InChI is InChI=1S/C16H24N2O3/c1-3-5-6-15(19)18(12-9-16(20)21-4-2)13-14-7-10-17-11-8-14/h7-8,10-11H,3-6,9,12-13H2,1-2H3. The first kappa shape index (κ1) is 17.1. The van der Waals surface area contributed by atoms with Crippen LogP contribution in [0.5, 0.6) is 0 Å². The highest BCUT2D eigenvalue weighted by Gasteiger charge is 2.15. The molecule has 0 saturated heterocycles. The molecule has 0 aliphatic carbocycles. The van der Waals surface area contributed by atoms with Gasteiger partial charge in [0.2, 0.25) is 5.91 Å². The van der Waals surface area contributed by atoms with Crippen molar-refractivity contribution in [2.75, 3.05) is 13.2 Å². The van der Waals surface area contributed by atoms with Gasteiger partial charge in [0, 0.05) is 31.9 Å². The summed E-state index contributed by atoms with van der Waals surface area (Å²) >= 11 is 0. The summed E-state index contributed by atoms with van der Waals surface area (Å²) in [5.74, 6) is -0.182. The van der Waals surface area contributed by atoms with E-state index in [9.17, 15) is 9.59 Å². The van der Waals surface area contributed by atoms with Crippen LogP contribution in [0.25, 0.3) is 0 Å². The number of hydrogen-bond acceptors (Lipinski definition) is 4. The SMILES string of the molecule is CCCCC(=O)N(CCC(=O)OCC)Cc1ccncc1. The van der Waals surface area contributed by atoms with Crippen molar-refractivity contribution in [1.29, 1.82) is 0 Å². The van der Waals surface area contributed by atoms with Crippen molar-refractivity contribution in [2.24, 2.45) is 0 Å². The molecule has 1 aromatic rings. The highest BCUT2D eigenvalue weighted by Crippen LogP contribution is 2.08. The number of aromatic nitrogens is 1. The average Bonchev–Trinajstić information content (AvgIpc) is 2.50. The maximum absolute atomic E-state index is 12.2. The largest absolute Gasteiger partial charge is 0.466 e. The third-order valence-electron chi connectivity index (χ3n) is 3.11. The van der Waals surface area contributed by atoms with Gasteiger partial charge in [-0.1, -0.05) is 13.3 Å². The van der Waals surface area contributed by atoms with Crippen molar-refractivity contribution in [1.82, 2.24) is 9.88 Å². The summed E-state index contributed by atoms with van der Waals surface area (Å²) in [6, 6.07) is 3.76. The summed E-state index contributed by atoms with van der Waals surface area (Å²) in [6.07, 6.45) is 6.00. The molecule has 1 amide bonds. The lowest BCUT2D eigenvalue weighted by Crippen LogP contribution is -2.32. The first-order valence-corrected chi connectivity index (χ1v) is 7.49. The van der Waals surface area contributed by atoms with Gasteiger partial charge < -0.3 is 9.64 Å². The van der Waals surface area contributed by atoms with Gasteiger partial charge in [0.25, 0.3) is 0 Å². The van der Waals surface area contributed by atoms with Gasteiger partial charge in [-0.3, -0.25) is 14.6 Å². The molecule has 0 spiro atoms. The zero-order valence-corrected chi connectivity index (χ0v) is 12.9. The van der Waals surface area contributed by atoms with E-state index < -0.39 is 0 Å². The monoisotopic (exact) mass is 292 g/mol. The predicted molar refractivity (Wildman–Crippen MR) is 80.4 cm³/mol. The Morgan fingerprint density at radius 3 is 2.52 bits per heavy atom. The number of pyridine rings is 1. The number of carbonyl (C=O) groups is 2. The van der Waals surface area contributed by atoms with Crippen LogP contribution >= 0.6 is 0 Å². The predicted octanol–water partition coefficient (Wildman–Crippen LogP) is 2.55. The lowest BCUT2D eigenvalue weighted by Gasteiger charge is -2.22. The molecule has 0 aliphatic heterocycles. The first-order chi connectivity index (χ1) is 10.2. The van der Waals surface area contributed by atoms with Gasteiger partial charge in [-0.15, -0.1) is 0 Å². The van der Waals surface area contributed by atoms with Gasteiger partial charge in [-0.05, 0) is 31.0 Å². The molecule has 1 rings (SSSR count). The molecule has 5 nitrogen and oxygen atoms in total. The number of hydrogen-bond donors (Lipinski definition) is 0. The van der Waals surface area contributed by atoms with Crippen molar-refractivity contribution in [3.05, 3.63) is 30.1 Å². The number of esters is 1. The lowest BCUT2D eigenvalue weighted by molar-refractivity contribution is -0.144. The fraction of sp³-hybridized carbons (Fsp3) is 0.562. The van der Waals surface area contributed by atoms with Gasteiger partial charge in [-0.25, -0.2) is 0 Å². The number of nitrogens with zero attached hydrogens (tertiary/aromatic N) is 2. The van der Waals surface area contributed by atoms with E-state index in [4.69, 9.17) is 4.74 Å². The van der Waals surface area contributed by atoms with E-state index in [1.165, 1.54) is 0 Å². The summed E-state index contributed by atoms with van der Waals surface area (Å²) in [5.41, 5.74) is 1.01. The van der Waals surface area contributed by atoms with E-state index in [-0.39, 0.29) is 18.3 Å². The van der Waals surface area contributed by atoms with E-state index in [1.54, 1.807) is 24.2 Å². The van der Waals surface area contributed by atoms with E-state index in [2.05, 4.69) is 11.9 Å². The van der Waals surface area contributed by atoms with Crippen LogP contribution in [0.3, 0.4) is 0 Å². The van der Waals surface area contributed by atoms with Crippen LogP contribution in [0.4, 0.5) is 0 Å². The summed E-state index contributed by atoms with van der Waals surface area (Å²) in [5, 5.41) is 0. The van der Waals surface area contributed by atoms with E-state index in [1.807, 2.05) is 12.1 Å². The molecule has 116 valence electrons. The van der Waals surface area contributed by atoms with Crippen LogP contribution in [-0.4, -0.2) is 34.9 Å². The molecule has 0 unspecified atom stereocenters. The minimum absolute atomic E-state index is 0.0814. The fourth-order valence-corrected chi connectivity index (χ4v) is 1.95. The summed E-state index contributed by atoms with van der Waals surface area (Å²) in [6.45, 7) is 5.10. The summed E-state index contributed by atoms with van der Waals surface area (Å²) in [4.78, 5) is 29.4. The first-order valence-electron chi connectivity index (χ1n) is 7.49. The molecule has 0 radical (unpaired) electrons. The summed E-state index contributed by atoms with van der Waals surface area (Å²) in [7, 11) is 0. The van der Waals surface area contributed by atoms with Gasteiger partial charge >= 0.3 is 5.97 Å². The number of rotatable bonds is 9. The Morgan fingerprint density at radius 2 is 1.90 bits per heavy atom. The smallest absolute Gasteiger partial charge is 0.307 e. The molecular formula is C16H24N2O3. The Bertz CT molecular complexity index is 434. The second-order valence-electron chi connectivity index (χ2n) is 4.83. The minimum Gasteiger partial charge on any atom is -0.466 e. The zero-order chi connectivity index (χ0) is 15.5. The lowest BCUT2D eigenvalue weighted by atomic mass is 10.2. The van der Waals surface area contributed by atoms with Gasteiger partial charge in [0.15, 0.2) is 0 Å². The molecule has 0 aliphatic rings. The second-order valence-corrected chi connectivity index (χ2v) is 4.83. The molecule has 0 atom stereocenters. The normalized spacial score (nSPS) is 10.2. The van der Waals surface area contributed by atoms with Crippen LogP contribution in [0.2, 0.25) is 0 Å². The molecule has 21 heavy (non-hydrogen) atoms. The Labute approximate surface area is 126 Å². The fourth-order valence-electron chi connectivity index (χ4n) is 1.95. The van der Waals surface area contributed by atoms with Gasteiger partial charge in [0.1, 0.15) is 0 Å². The van der Waals surface area contributed by atoms with Crippen LogP contribution < -0.4 is 0 Å². The van der Waals surface area contributed by atoms with Crippen LogP contribution in [0.1, 0.15) is 45.1 Å². The Hall–Kier alpha value is -1.91. The molecule has 0 saturated carbocycles. The zero-order valence-electron chi connectivity index (χ0n) is 12.9. The van der Waals surface area contributed by atoms with E-state index in [0.29, 0.717) is 26.1 Å². The third-order valence-corrected chi connectivity index (χ3v) is 3.11. The van der Waals surface area contributed by atoms with E-state index >= 15 is 0 Å². The number of ether oxygens (including phenoxy) is 1. The quantitative estimate of drug-likeness (QED) is 0.656.